The van der Waals surface area contributed by atoms with Gasteiger partial charge in [0.2, 0.25) is 0 Å². The standard InChI is InChI=1S/C11H13NO2/c12-11(13)14-10-7-3-5-8-4-1-2-6-9(8)10/h1-2,4,6,10H,3,5,7H2,(H2,12,13)/t10-/m0/s1. The summed E-state index contributed by atoms with van der Waals surface area (Å²) in [5.74, 6) is 0. The van der Waals surface area contributed by atoms with Gasteiger partial charge in [-0.3, -0.25) is 0 Å². The Morgan fingerprint density at radius 3 is 3.00 bits per heavy atom. The largest absolute Gasteiger partial charge is 0.442 e. The minimum atomic E-state index is -0.688. The van der Waals surface area contributed by atoms with Crippen molar-refractivity contribution in [1.82, 2.24) is 0 Å². The van der Waals surface area contributed by atoms with Crippen molar-refractivity contribution < 1.29 is 9.53 Å². The van der Waals surface area contributed by atoms with Gasteiger partial charge in [0, 0.05) is 0 Å². The van der Waals surface area contributed by atoms with E-state index in [2.05, 4.69) is 6.07 Å². The van der Waals surface area contributed by atoms with Crippen molar-refractivity contribution >= 4 is 6.09 Å². The molecule has 1 amide bonds. The fourth-order valence-electron chi connectivity index (χ4n) is 1.97. The maximum absolute atomic E-state index is 10.7. The Kier molecular flexibility index (Phi) is 2.39. The zero-order valence-electron chi connectivity index (χ0n) is 7.90. The molecule has 74 valence electrons. The summed E-state index contributed by atoms with van der Waals surface area (Å²) in [5.41, 5.74) is 7.40. The Morgan fingerprint density at radius 1 is 1.43 bits per heavy atom. The van der Waals surface area contributed by atoms with Gasteiger partial charge in [0.25, 0.3) is 0 Å². The van der Waals surface area contributed by atoms with Crippen molar-refractivity contribution in [2.24, 2.45) is 5.73 Å². The van der Waals surface area contributed by atoms with E-state index in [0.717, 1.165) is 24.8 Å². The van der Waals surface area contributed by atoms with Crippen LogP contribution in [0.3, 0.4) is 0 Å². The van der Waals surface area contributed by atoms with Gasteiger partial charge in [0.1, 0.15) is 6.10 Å². The van der Waals surface area contributed by atoms with Crippen LogP contribution in [0.1, 0.15) is 30.1 Å². The van der Waals surface area contributed by atoms with Crippen LogP contribution >= 0.6 is 0 Å². The van der Waals surface area contributed by atoms with Gasteiger partial charge >= 0.3 is 6.09 Å². The summed E-state index contributed by atoms with van der Waals surface area (Å²) in [5, 5.41) is 0. The molecule has 1 aromatic carbocycles. The highest BCUT2D eigenvalue weighted by Gasteiger charge is 2.21. The first-order valence-corrected chi connectivity index (χ1v) is 4.81. The summed E-state index contributed by atoms with van der Waals surface area (Å²) in [6, 6.07) is 8.04. The maximum atomic E-state index is 10.7. The quantitative estimate of drug-likeness (QED) is 0.739. The van der Waals surface area contributed by atoms with Crippen molar-refractivity contribution in [2.45, 2.75) is 25.4 Å². The number of fused-ring (bicyclic) bond motifs is 1. The lowest BCUT2D eigenvalue weighted by molar-refractivity contribution is 0.0959. The predicted molar refractivity (Wildman–Crippen MR) is 52.8 cm³/mol. The number of hydrogen-bond acceptors (Lipinski definition) is 2. The number of nitrogens with two attached hydrogens (primary N) is 1. The van der Waals surface area contributed by atoms with E-state index < -0.39 is 6.09 Å². The van der Waals surface area contributed by atoms with E-state index in [1.54, 1.807) is 0 Å². The van der Waals surface area contributed by atoms with Gasteiger partial charge in [0.15, 0.2) is 0 Å². The Morgan fingerprint density at radius 2 is 2.21 bits per heavy atom. The van der Waals surface area contributed by atoms with Crippen LogP contribution in [0.5, 0.6) is 0 Å². The van der Waals surface area contributed by atoms with E-state index in [-0.39, 0.29) is 6.10 Å². The maximum Gasteiger partial charge on any atom is 0.405 e. The molecule has 0 fully saturated rings. The van der Waals surface area contributed by atoms with Crippen LogP contribution in [0, 0.1) is 0 Å². The first-order valence-electron chi connectivity index (χ1n) is 4.81. The van der Waals surface area contributed by atoms with Gasteiger partial charge in [-0.1, -0.05) is 24.3 Å². The topological polar surface area (TPSA) is 52.3 Å². The molecule has 0 aliphatic heterocycles. The average molecular weight is 191 g/mol. The number of carbonyl (C=O) groups excluding carboxylic acids is 1. The molecule has 0 aromatic heterocycles. The van der Waals surface area contributed by atoms with Crippen LogP contribution < -0.4 is 5.73 Å². The van der Waals surface area contributed by atoms with Gasteiger partial charge in [-0.15, -0.1) is 0 Å². The molecular formula is C11H13NO2. The second kappa shape index (κ2) is 3.70. The molecule has 0 saturated heterocycles. The lowest BCUT2D eigenvalue weighted by Crippen LogP contribution is -2.20. The number of amides is 1. The normalized spacial score (nSPS) is 19.9. The van der Waals surface area contributed by atoms with Crippen molar-refractivity contribution in [3.8, 4) is 0 Å². The summed E-state index contributed by atoms with van der Waals surface area (Å²) in [4.78, 5) is 10.7. The number of carbonyl (C=O) groups is 1. The molecule has 1 aromatic rings. The number of primary amides is 1. The van der Waals surface area contributed by atoms with E-state index in [1.165, 1.54) is 5.56 Å². The zero-order chi connectivity index (χ0) is 9.97. The minimum absolute atomic E-state index is 0.141. The molecule has 2 N–H and O–H groups in total. The Hall–Kier alpha value is -1.51. The second-order valence-corrected chi connectivity index (χ2v) is 3.52. The van der Waals surface area contributed by atoms with E-state index in [4.69, 9.17) is 10.5 Å². The summed E-state index contributed by atoms with van der Waals surface area (Å²) in [6.07, 6.45) is 2.16. The van der Waals surface area contributed by atoms with Crippen LogP contribution in [-0.4, -0.2) is 6.09 Å². The molecule has 1 aliphatic rings. The fourth-order valence-corrected chi connectivity index (χ4v) is 1.97. The molecule has 0 heterocycles. The highest BCUT2D eigenvalue weighted by Crippen LogP contribution is 2.31. The predicted octanol–water partition coefficient (Wildman–Crippen LogP) is 2.16. The molecule has 0 bridgehead atoms. The number of rotatable bonds is 1. The van der Waals surface area contributed by atoms with Crippen molar-refractivity contribution in [3.05, 3.63) is 35.4 Å². The number of aryl methyl sites for hydroxylation is 1. The Balaban J connectivity index is 2.26. The molecule has 1 atom stereocenters. The van der Waals surface area contributed by atoms with Gasteiger partial charge < -0.3 is 10.5 Å². The summed E-state index contributed by atoms with van der Waals surface area (Å²) >= 11 is 0. The van der Waals surface area contributed by atoms with E-state index in [0.29, 0.717) is 0 Å². The van der Waals surface area contributed by atoms with Crippen LogP contribution in [0.2, 0.25) is 0 Å². The zero-order valence-corrected chi connectivity index (χ0v) is 7.90. The molecule has 0 saturated carbocycles. The molecule has 14 heavy (non-hydrogen) atoms. The molecule has 1 aliphatic carbocycles. The highest BCUT2D eigenvalue weighted by atomic mass is 16.6. The monoisotopic (exact) mass is 191 g/mol. The van der Waals surface area contributed by atoms with Crippen molar-refractivity contribution in [1.29, 1.82) is 0 Å². The summed E-state index contributed by atoms with van der Waals surface area (Å²) in [6.45, 7) is 0. The van der Waals surface area contributed by atoms with Gasteiger partial charge in [0.05, 0.1) is 0 Å². The molecule has 2 rings (SSSR count). The highest BCUT2D eigenvalue weighted by molar-refractivity contribution is 5.65. The van der Waals surface area contributed by atoms with Gasteiger partial charge in [-0.2, -0.15) is 0 Å². The van der Waals surface area contributed by atoms with Crippen molar-refractivity contribution in [2.75, 3.05) is 0 Å². The SMILES string of the molecule is NC(=O)O[C@H]1CCCc2ccccc21. The molecule has 0 unspecified atom stereocenters. The minimum Gasteiger partial charge on any atom is -0.442 e. The average Bonchev–Trinajstić information content (AvgIpc) is 2.18. The van der Waals surface area contributed by atoms with Crippen LogP contribution in [-0.2, 0) is 11.2 Å². The number of hydrogen-bond donors (Lipinski definition) is 1. The number of ether oxygens (including phenoxy) is 1. The van der Waals surface area contributed by atoms with Crippen LogP contribution in [0.15, 0.2) is 24.3 Å². The lowest BCUT2D eigenvalue weighted by Gasteiger charge is -2.24. The smallest absolute Gasteiger partial charge is 0.405 e. The summed E-state index contributed by atoms with van der Waals surface area (Å²) in [7, 11) is 0. The van der Waals surface area contributed by atoms with E-state index >= 15 is 0 Å². The third-order valence-corrected chi connectivity index (χ3v) is 2.57. The molecule has 0 spiro atoms. The van der Waals surface area contributed by atoms with Gasteiger partial charge in [-0.05, 0) is 30.4 Å². The molecular weight excluding hydrogens is 178 g/mol. The van der Waals surface area contributed by atoms with Gasteiger partial charge in [-0.25, -0.2) is 4.79 Å². The van der Waals surface area contributed by atoms with E-state index in [1.807, 2.05) is 18.2 Å². The number of benzene rings is 1. The van der Waals surface area contributed by atoms with Crippen LogP contribution in [0.25, 0.3) is 0 Å². The molecule has 0 radical (unpaired) electrons. The van der Waals surface area contributed by atoms with Crippen molar-refractivity contribution in [3.63, 3.8) is 0 Å². The Labute approximate surface area is 82.9 Å². The fraction of sp³-hybridized carbons (Fsp3) is 0.364. The van der Waals surface area contributed by atoms with Crippen LogP contribution in [0.4, 0.5) is 4.79 Å². The first kappa shape index (κ1) is 9.06. The third kappa shape index (κ3) is 1.71. The second-order valence-electron chi connectivity index (χ2n) is 3.52. The molecule has 3 heteroatoms. The third-order valence-electron chi connectivity index (χ3n) is 2.57. The first-order chi connectivity index (χ1) is 6.77. The van der Waals surface area contributed by atoms with E-state index in [9.17, 15) is 4.79 Å². The molecule has 3 nitrogen and oxygen atoms in total. The lowest BCUT2D eigenvalue weighted by atomic mass is 9.89. The Bertz CT molecular complexity index is 349. The summed E-state index contributed by atoms with van der Waals surface area (Å²) < 4.78 is 5.06.